The van der Waals surface area contributed by atoms with Crippen molar-refractivity contribution in [2.45, 2.75) is 24.8 Å². The van der Waals surface area contributed by atoms with Crippen LogP contribution >= 0.6 is 0 Å². The first kappa shape index (κ1) is 19.6. The zero-order chi connectivity index (χ0) is 21.0. The van der Waals surface area contributed by atoms with Crippen molar-refractivity contribution in [3.05, 3.63) is 90.2 Å². The minimum absolute atomic E-state index is 0.100. The van der Waals surface area contributed by atoms with Crippen LogP contribution in [0.4, 0.5) is 0 Å². The van der Waals surface area contributed by atoms with E-state index in [4.69, 9.17) is 8.83 Å². The third kappa shape index (κ3) is 4.25. The lowest BCUT2D eigenvalue weighted by Crippen LogP contribution is -2.43. The van der Waals surface area contributed by atoms with Crippen LogP contribution in [0, 0.1) is 0 Å². The lowest BCUT2D eigenvalue weighted by Gasteiger charge is -2.31. The Labute approximate surface area is 180 Å². The van der Waals surface area contributed by atoms with Crippen molar-refractivity contribution in [2.75, 3.05) is 19.6 Å². The van der Waals surface area contributed by atoms with Gasteiger partial charge in [-0.3, -0.25) is 10.1 Å². The molecular formula is C25H25N3O3. The lowest BCUT2D eigenvalue weighted by atomic mass is 9.96. The molecule has 1 fully saturated rings. The molecule has 6 nitrogen and oxygen atoms in total. The molecule has 1 N–H and O–H groups in total. The average molecular weight is 415 g/mol. The number of furan rings is 1. The molecule has 1 amide bonds. The Morgan fingerprint density at radius 2 is 1.81 bits per heavy atom. The van der Waals surface area contributed by atoms with Crippen molar-refractivity contribution >= 4 is 17.0 Å². The number of hydrogen-bond donors (Lipinski definition) is 1. The first-order valence-electron chi connectivity index (χ1n) is 10.7. The zero-order valence-electron chi connectivity index (χ0n) is 17.2. The second kappa shape index (κ2) is 8.78. The van der Waals surface area contributed by atoms with E-state index in [1.165, 1.54) is 0 Å². The van der Waals surface area contributed by atoms with Crippen LogP contribution in [-0.4, -0.2) is 35.4 Å². The molecule has 0 aliphatic carbocycles. The molecule has 4 aromatic rings. The summed E-state index contributed by atoms with van der Waals surface area (Å²) in [5.74, 6) is 1.94. The van der Waals surface area contributed by atoms with Gasteiger partial charge >= 0.3 is 0 Å². The quantitative estimate of drug-likeness (QED) is 0.502. The van der Waals surface area contributed by atoms with E-state index in [0.717, 1.165) is 41.2 Å². The molecular weight excluding hydrogens is 390 g/mol. The first-order chi connectivity index (χ1) is 15.3. The second-order valence-corrected chi connectivity index (χ2v) is 7.91. The number of aromatic nitrogens is 1. The highest BCUT2D eigenvalue weighted by atomic mass is 16.3. The van der Waals surface area contributed by atoms with Crippen molar-refractivity contribution in [1.82, 2.24) is 15.2 Å². The van der Waals surface area contributed by atoms with Crippen LogP contribution in [0.3, 0.4) is 0 Å². The van der Waals surface area contributed by atoms with E-state index >= 15 is 0 Å². The molecule has 5 rings (SSSR count). The normalized spacial score (nSPS) is 15.9. The van der Waals surface area contributed by atoms with Crippen LogP contribution in [0.15, 0.2) is 81.8 Å². The summed E-state index contributed by atoms with van der Waals surface area (Å²) < 4.78 is 11.5. The highest BCUT2D eigenvalue weighted by Gasteiger charge is 2.27. The summed E-state index contributed by atoms with van der Waals surface area (Å²) in [6.07, 6.45) is 3.38. The molecule has 31 heavy (non-hydrogen) atoms. The van der Waals surface area contributed by atoms with E-state index in [-0.39, 0.29) is 24.4 Å². The van der Waals surface area contributed by atoms with E-state index in [2.05, 4.69) is 10.3 Å². The Morgan fingerprint density at radius 3 is 2.55 bits per heavy atom. The second-order valence-electron chi connectivity index (χ2n) is 7.91. The monoisotopic (exact) mass is 415 g/mol. The maximum absolute atomic E-state index is 12.9. The van der Waals surface area contributed by atoms with Crippen molar-refractivity contribution in [3.63, 3.8) is 0 Å². The summed E-state index contributed by atoms with van der Waals surface area (Å²) in [5, 5.41) is 3.38. The molecule has 0 spiro atoms. The van der Waals surface area contributed by atoms with Gasteiger partial charge in [0.1, 0.15) is 11.3 Å². The van der Waals surface area contributed by atoms with Gasteiger partial charge in [-0.15, -0.1) is 0 Å². The number of piperidine rings is 1. The molecule has 3 heterocycles. The molecule has 1 aliphatic heterocycles. The number of hydrogen-bond acceptors (Lipinski definition) is 5. The highest BCUT2D eigenvalue weighted by Crippen LogP contribution is 2.30. The Hall–Kier alpha value is -3.38. The Bertz CT molecular complexity index is 1100. The van der Waals surface area contributed by atoms with Crippen LogP contribution in [0.1, 0.15) is 42.0 Å². The number of para-hydroxylation sites is 2. The number of amides is 1. The van der Waals surface area contributed by atoms with Gasteiger partial charge < -0.3 is 13.7 Å². The number of benzene rings is 2. The van der Waals surface area contributed by atoms with Crippen LogP contribution in [0.5, 0.6) is 0 Å². The van der Waals surface area contributed by atoms with Gasteiger partial charge in [0.05, 0.1) is 18.8 Å². The van der Waals surface area contributed by atoms with Gasteiger partial charge in [0.15, 0.2) is 11.5 Å². The first-order valence-corrected chi connectivity index (χ1v) is 10.7. The molecule has 0 bridgehead atoms. The number of nitrogens with zero attached hydrogens (tertiary/aromatic N) is 2. The molecule has 2 aromatic carbocycles. The van der Waals surface area contributed by atoms with Crippen LogP contribution in [-0.2, 0) is 4.79 Å². The molecule has 1 saturated heterocycles. The van der Waals surface area contributed by atoms with Gasteiger partial charge in [-0.25, -0.2) is 4.98 Å². The van der Waals surface area contributed by atoms with Crippen molar-refractivity contribution < 1.29 is 13.6 Å². The fraction of sp³-hybridized carbons (Fsp3) is 0.280. The molecule has 158 valence electrons. The fourth-order valence-corrected chi connectivity index (χ4v) is 4.23. The summed E-state index contributed by atoms with van der Waals surface area (Å²) in [5.41, 5.74) is 2.79. The molecule has 0 radical (unpaired) electrons. The molecule has 0 unspecified atom stereocenters. The van der Waals surface area contributed by atoms with Crippen molar-refractivity contribution in [2.24, 2.45) is 0 Å². The summed E-state index contributed by atoms with van der Waals surface area (Å²) in [7, 11) is 0. The number of rotatable bonds is 6. The topological polar surface area (TPSA) is 71.5 Å². The molecule has 6 heteroatoms. The van der Waals surface area contributed by atoms with Crippen molar-refractivity contribution in [1.29, 1.82) is 0 Å². The summed E-state index contributed by atoms with van der Waals surface area (Å²) >= 11 is 0. The summed E-state index contributed by atoms with van der Waals surface area (Å²) in [6, 6.07) is 21.5. The SMILES string of the molecule is O=C(CN[C@H](c1ccccc1)c1ccco1)N1CCC(c2nc3ccccc3o2)CC1. The molecule has 2 aromatic heterocycles. The van der Waals surface area contributed by atoms with E-state index in [0.29, 0.717) is 13.1 Å². The predicted octanol–water partition coefficient (Wildman–Crippen LogP) is 4.51. The van der Waals surface area contributed by atoms with E-state index in [9.17, 15) is 4.79 Å². The number of carbonyl (C=O) groups is 1. The van der Waals surface area contributed by atoms with Gasteiger partial charge in [-0.2, -0.15) is 0 Å². The van der Waals surface area contributed by atoms with Crippen molar-refractivity contribution in [3.8, 4) is 0 Å². The number of oxazole rings is 1. The Balaban J connectivity index is 1.19. The average Bonchev–Trinajstić information content (AvgIpc) is 3.50. The zero-order valence-corrected chi connectivity index (χ0v) is 17.2. The van der Waals surface area contributed by atoms with Gasteiger partial charge in [-0.1, -0.05) is 42.5 Å². The maximum atomic E-state index is 12.9. The Kier molecular flexibility index (Phi) is 5.54. The Morgan fingerprint density at radius 1 is 1.03 bits per heavy atom. The number of fused-ring (bicyclic) bond motifs is 1. The van der Waals surface area contributed by atoms with E-state index in [1.54, 1.807) is 6.26 Å². The minimum Gasteiger partial charge on any atom is -0.467 e. The number of likely N-dealkylation sites (tertiary alicyclic amines) is 1. The fourth-order valence-electron chi connectivity index (χ4n) is 4.23. The van der Waals surface area contributed by atoms with Gasteiger partial charge in [0.25, 0.3) is 0 Å². The molecule has 1 atom stereocenters. The van der Waals surface area contributed by atoms with Crippen LogP contribution in [0.25, 0.3) is 11.1 Å². The summed E-state index contributed by atoms with van der Waals surface area (Å²) in [6.45, 7) is 1.68. The van der Waals surface area contributed by atoms with E-state index < -0.39 is 0 Å². The smallest absolute Gasteiger partial charge is 0.236 e. The van der Waals surface area contributed by atoms with E-state index in [1.807, 2.05) is 71.6 Å². The largest absolute Gasteiger partial charge is 0.467 e. The third-order valence-electron chi connectivity index (χ3n) is 5.93. The van der Waals surface area contributed by atoms with Crippen LogP contribution in [0.2, 0.25) is 0 Å². The highest BCUT2D eigenvalue weighted by molar-refractivity contribution is 5.78. The van der Waals surface area contributed by atoms with Gasteiger partial charge in [-0.05, 0) is 42.7 Å². The van der Waals surface area contributed by atoms with Gasteiger partial charge in [0, 0.05) is 19.0 Å². The maximum Gasteiger partial charge on any atom is 0.236 e. The lowest BCUT2D eigenvalue weighted by molar-refractivity contribution is -0.131. The summed E-state index contributed by atoms with van der Waals surface area (Å²) in [4.78, 5) is 19.4. The van der Waals surface area contributed by atoms with Gasteiger partial charge in [0.2, 0.25) is 5.91 Å². The number of nitrogens with one attached hydrogen (secondary N) is 1. The molecule has 1 aliphatic rings. The minimum atomic E-state index is -0.155. The number of carbonyl (C=O) groups excluding carboxylic acids is 1. The van der Waals surface area contributed by atoms with Crippen LogP contribution < -0.4 is 5.32 Å². The molecule has 0 saturated carbocycles. The predicted molar refractivity (Wildman–Crippen MR) is 118 cm³/mol. The standard InChI is InChI=1S/C25H25N3O3/c29-23(17-26-24(22-11-6-16-30-22)18-7-2-1-3-8-18)28-14-12-19(13-15-28)25-27-20-9-4-5-10-21(20)31-25/h1-11,16,19,24,26H,12-15,17H2/t24-/m1/s1. The third-order valence-corrected chi connectivity index (χ3v) is 5.93.